The minimum Gasteiger partial charge on any atom is -0.352 e. The molecule has 40 heavy (non-hydrogen) atoms. The lowest BCUT2D eigenvalue weighted by Gasteiger charge is -2.31. The molecular weight excluding hydrogens is 543 g/mol. The van der Waals surface area contributed by atoms with Crippen LogP contribution in [0.15, 0.2) is 48.5 Å². The lowest BCUT2D eigenvalue weighted by Crippen LogP contribution is -2.50. The van der Waals surface area contributed by atoms with E-state index in [0.29, 0.717) is 0 Å². The highest BCUT2D eigenvalue weighted by Gasteiger charge is 2.32. The number of hydrogen-bond donors (Lipinski definition) is 1. The number of amides is 2. The minimum atomic E-state index is -4.63. The van der Waals surface area contributed by atoms with Gasteiger partial charge >= 0.3 is 6.18 Å². The molecule has 1 N–H and O–H groups in total. The van der Waals surface area contributed by atoms with Crippen LogP contribution >= 0.6 is 0 Å². The zero-order valence-electron chi connectivity index (χ0n) is 23.2. The van der Waals surface area contributed by atoms with Crippen molar-refractivity contribution in [3.8, 4) is 0 Å². The molecule has 2 aromatic rings. The summed E-state index contributed by atoms with van der Waals surface area (Å²) < 4.78 is 65.4. The number of sulfonamides is 1. The van der Waals surface area contributed by atoms with Crippen LogP contribution in [-0.4, -0.2) is 50.0 Å². The zero-order chi connectivity index (χ0) is 29.5. The van der Waals surface area contributed by atoms with Crippen molar-refractivity contribution >= 4 is 27.5 Å². The number of anilines is 1. The standard InChI is InChI=1S/C29H38F3N3O4S/c1-21-14-16-23(17-15-21)20-34(22(2)28(37)33-25-10-5-4-6-11-25)27(36)13-8-18-35(40(3,38)39)26-12-7-9-24(19-26)29(30,31)32/h7,9,12,14-17,19,22,25H,4-6,8,10-11,13,18,20H2,1-3H3,(H,33,37)/t22-/m0/s1. The van der Waals surface area contributed by atoms with Crippen molar-refractivity contribution in [2.24, 2.45) is 0 Å². The number of carbonyl (C=O) groups excluding carboxylic acids is 2. The quantitative estimate of drug-likeness (QED) is 0.384. The van der Waals surface area contributed by atoms with Crippen LogP contribution in [-0.2, 0) is 32.3 Å². The summed E-state index contributed by atoms with van der Waals surface area (Å²) in [4.78, 5) is 28.0. The van der Waals surface area contributed by atoms with E-state index in [4.69, 9.17) is 0 Å². The van der Waals surface area contributed by atoms with Crippen LogP contribution in [0.1, 0.15) is 68.6 Å². The van der Waals surface area contributed by atoms with Crippen LogP contribution in [0.3, 0.4) is 0 Å². The monoisotopic (exact) mass is 581 g/mol. The van der Waals surface area contributed by atoms with Gasteiger partial charge in [0.15, 0.2) is 0 Å². The molecule has 220 valence electrons. The normalized spacial score (nSPS) is 15.3. The molecule has 0 radical (unpaired) electrons. The van der Waals surface area contributed by atoms with Crippen LogP contribution in [0.2, 0.25) is 0 Å². The van der Waals surface area contributed by atoms with Crippen molar-refractivity contribution in [1.82, 2.24) is 10.2 Å². The highest BCUT2D eigenvalue weighted by molar-refractivity contribution is 7.92. The largest absolute Gasteiger partial charge is 0.416 e. The van der Waals surface area contributed by atoms with Crippen LogP contribution < -0.4 is 9.62 Å². The molecule has 3 rings (SSSR count). The van der Waals surface area contributed by atoms with Gasteiger partial charge in [0.1, 0.15) is 6.04 Å². The Morgan fingerprint density at radius 2 is 1.70 bits per heavy atom. The van der Waals surface area contributed by atoms with Gasteiger partial charge in [0.2, 0.25) is 21.8 Å². The predicted molar refractivity (Wildman–Crippen MR) is 149 cm³/mol. The molecule has 0 unspecified atom stereocenters. The fraction of sp³-hybridized carbons (Fsp3) is 0.517. The molecule has 1 aliphatic carbocycles. The Morgan fingerprint density at radius 1 is 1.05 bits per heavy atom. The van der Waals surface area contributed by atoms with Gasteiger partial charge < -0.3 is 10.2 Å². The van der Waals surface area contributed by atoms with E-state index in [-0.39, 0.29) is 49.5 Å². The van der Waals surface area contributed by atoms with Gasteiger partial charge in [-0.3, -0.25) is 13.9 Å². The summed E-state index contributed by atoms with van der Waals surface area (Å²) in [6, 6.07) is 11.0. The number of carbonyl (C=O) groups is 2. The van der Waals surface area contributed by atoms with E-state index in [1.165, 1.54) is 11.0 Å². The van der Waals surface area contributed by atoms with Gasteiger partial charge in [0.25, 0.3) is 0 Å². The first-order chi connectivity index (χ1) is 18.8. The number of alkyl halides is 3. The second-order valence-corrected chi connectivity index (χ2v) is 12.4. The third-order valence-electron chi connectivity index (χ3n) is 7.21. The van der Waals surface area contributed by atoms with Crippen LogP contribution in [0.25, 0.3) is 0 Å². The highest BCUT2D eigenvalue weighted by atomic mass is 32.2. The fourth-order valence-electron chi connectivity index (χ4n) is 4.88. The third-order valence-corrected chi connectivity index (χ3v) is 8.40. The molecule has 0 bridgehead atoms. The fourth-order valence-corrected chi connectivity index (χ4v) is 5.84. The summed E-state index contributed by atoms with van der Waals surface area (Å²) in [6.07, 6.45) is 1.31. The number of rotatable bonds is 11. The maximum Gasteiger partial charge on any atom is 0.416 e. The number of nitrogens with zero attached hydrogens (tertiary/aromatic N) is 2. The molecular formula is C29H38F3N3O4S. The van der Waals surface area contributed by atoms with Crippen molar-refractivity contribution in [3.05, 3.63) is 65.2 Å². The Bertz CT molecular complexity index is 1260. The maximum absolute atomic E-state index is 13.4. The Labute approximate surface area is 234 Å². The first-order valence-corrected chi connectivity index (χ1v) is 15.4. The number of halogens is 3. The number of nitrogens with one attached hydrogen (secondary N) is 1. The van der Waals surface area contributed by atoms with E-state index in [2.05, 4.69) is 5.32 Å². The molecule has 1 fully saturated rings. The lowest BCUT2D eigenvalue weighted by molar-refractivity contribution is -0.141. The average molecular weight is 582 g/mol. The van der Waals surface area contributed by atoms with Crippen molar-refractivity contribution < 1.29 is 31.2 Å². The van der Waals surface area contributed by atoms with E-state index in [1.807, 2.05) is 31.2 Å². The molecule has 2 amide bonds. The average Bonchev–Trinajstić information content (AvgIpc) is 2.89. The molecule has 2 aromatic carbocycles. The Hall–Kier alpha value is -3.08. The van der Waals surface area contributed by atoms with Crippen molar-refractivity contribution in [2.45, 2.75) is 83.6 Å². The first-order valence-electron chi connectivity index (χ1n) is 13.6. The molecule has 1 saturated carbocycles. The van der Waals surface area contributed by atoms with Gasteiger partial charge in [-0.2, -0.15) is 13.2 Å². The molecule has 0 spiro atoms. The zero-order valence-corrected chi connectivity index (χ0v) is 24.0. The van der Waals surface area contributed by atoms with Crippen molar-refractivity contribution in [1.29, 1.82) is 0 Å². The topological polar surface area (TPSA) is 86.8 Å². The van der Waals surface area contributed by atoms with E-state index < -0.39 is 27.8 Å². The summed E-state index contributed by atoms with van der Waals surface area (Å²) >= 11 is 0. The number of hydrogen-bond acceptors (Lipinski definition) is 4. The van der Waals surface area contributed by atoms with Gasteiger partial charge in [-0.15, -0.1) is 0 Å². The first kappa shape index (κ1) is 31.4. The van der Waals surface area contributed by atoms with Crippen LogP contribution in [0.5, 0.6) is 0 Å². The second-order valence-electron chi connectivity index (χ2n) is 10.5. The van der Waals surface area contributed by atoms with Gasteiger partial charge in [-0.1, -0.05) is 55.2 Å². The van der Waals surface area contributed by atoms with E-state index in [0.717, 1.165) is 72.0 Å². The van der Waals surface area contributed by atoms with E-state index in [1.54, 1.807) is 6.92 Å². The van der Waals surface area contributed by atoms with Gasteiger partial charge in [-0.25, -0.2) is 8.42 Å². The Morgan fingerprint density at radius 3 is 2.30 bits per heavy atom. The van der Waals surface area contributed by atoms with Crippen LogP contribution in [0.4, 0.5) is 18.9 Å². The summed E-state index contributed by atoms with van der Waals surface area (Å²) in [5.41, 5.74) is 0.816. The summed E-state index contributed by atoms with van der Waals surface area (Å²) in [6.45, 7) is 3.63. The van der Waals surface area contributed by atoms with E-state index in [9.17, 15) is 31.2 Å². The van der Waals surface area contributed by atoms with Crippen molar-refractivity contribution in [3.63, 3.8) is 0 Å². The van der Waals surface area contributed by atoms with Crippen LogP contribution in [0, 0.1) is 6.92 Å². The van der Waals surface area contributed by atoms with Gasteiger partial charge in [0, 0.05) is 25.6 Å². The second kappa shape index (κ2) is 13.5. The summed E-state index contributed by atoms with van der Waals surface area (Å²) in [5, 5.41) is 3.07. The molecule has 0 aromatic heterocycles. The minimum absolute atomic E-state index is 0.0590. The SMILES string of the molecule is Cc1ccc(CN(C(=O)CCCN(c2cccc(C(F)(F)F)c2)S(C)(=O)=O)[C@@H](C)C(=O)NC2CCCCC2)cc1. The highest BCUT2D eigenvalue weighted by Crippen LogP contribution is 2.32. The molecule has 1 atom stereocenters. The maximum atomic E-state index is 13.4. The molecule has 0 saturated heterocycles. The van der Waals surface area contributed by atoms with Gasteiger partial charge in [0.05, 0.1) is 17.5 Å². The summed E-state index contributed by atoms with van der Waals surface area (Å²) in [7, 11) is -3.92. The Kier molecular flexibility index (Phi) is 10.6. The molecule has 1 aliphatic rings. The molecule has 11 heteroatoms. The smallest absolute Gasteiger partial charge is 0.352 e. The van der Waals surface area contributed by atoms with Crippen molar-refractivity contribution in [2.75, 3.05) is 17.1 Å². The Balaban J connectivity index is 1.74. The molecule has 7 nitrogen and oxygen atoms in total. The molecule has 0 heterocycles. The summed E-state index contributed by atoms with van der Waals surface area (Å²) in [5.74, 6) is -0.585. The number of benzene rings is 2. The van der Waals surface area contributed by atoms with E-state index >= 15 is 0 Å². The third kappa shape index (κ3) is 8.97. The molecule has 0 aliphatic heterocycles. The van der Waals surface area contributed by atoms with Gasteiger partial charge in [-0.05, 0) is 56.9 Å². The lowest BCUT2D eigenvalue weighted by atomic mass is 9.95. The predicted octanol–water partition coefficient (Wildman–Crippen LogP) is 5.43. The number of aryl methyl sites for hydroxylation is 1.